The van der Waals surface area contributed by atoms with Crippen LogP contribution in [0.25, 0.3) is 21.3 Å². The number of nitrogens with zero attached hydrogens (tertiary/aromatic N) is 4. The number of anilines is 4. The van der Waals surface area contributed by atoms with Gasteiger partial charge in [-0.15, -0.1) is 11.3 Å². The Kier molecular flexibility index (Phi) is 5.53. The van der Waals surface area contributed by atoms with Gasteiger partial charge in [0.15, 0.2) is 5.82 Å². The maximum absolute atomic E-state index is 14.6. The van der Waals surface area contributed by atoms with Crippen LogP contribution in [0.4, 0.5) is 27.4 Å². The second-order valence-corrected chi connectivity index (χ2v) is 8.96. The molecule has 0 fully saturated rings. The summed E-state index contributed by atoms with van der Waals surface area (Å²) in [5, 5.41) is 15.0. The molecule has 0 radical (unpaired) electrons. The van der Waals surface area contributed by atoms with E-state index >= 15 is 0 Å². The summed E-state index contributed by atoms with van der Waals surface area (Å²) < 4.78 is 18.2. The topological polar surface area (TPSA) is 120 Å². The molecular weight excluding hydrogens is 469 g/mol. The summed E-state index contributed by atoms with van der Waals surface area (Å²) in [6.07, 6.45) is 0. The first kappa shape index (κ1) is 22.3. The van der Waals surface area contributed by atoms with E-state index in [-0.39, 0.29) is 16.9 Å². The molecule has 0 spiro atoms. The largest absolute Gasteiger partial charge is 0.384 e. The molecule has 0 saturated heterocycles. The average Bonchev–Trinajstić information content (AvgIpc) is 3.41. The lowest BCUT2D eigenvalue weighted by atomic mass is 10.1. The van der Waals surface area contributed by atoms with Gasteiger partial charge in [-0.05, 0) is 41.8 Å². The number of hydrogen-bond acceptors (Lipinski definition) is 7. The average molecular weight is 490 g/mol. The number of carbonyl (C=O) groups is 1. The smallest absolute Gasteiger partial charge is 0.290 e. The molecule has 3 heterocycles. The maximum atomic E-state index is 14.6. The van der Waals surface area contributed by atoms with E-state index < -0.39 is 11.7 Å². The second-order valence-electron chi connectivity index (χ2n) is 7.87. The summed E-state index contributed by atoms with van der Waals surface area (Å²) in [6.45, 7) is 0. The third-order valence-corrected chi connectivity index (χ3v) is 6.52. The van der Waals surface area contributed by atoms with Gasteiger partial charge in [0.25, 0.3) is 11.5 Å². The summed E-state index contributed by atoms with van der Waals surface area (Å²) in [5.41, 5.74) is 6.57. The summed E-state index contributed by atoms with van der Waals surface area (Å²) in [6, 6.07) is 16.8. The fourth-order valence-electron chi connectivity index (χ4n) is 3.58. The number of nitrogens with one attached hydrogen (secondary N) is 2. The maximum Gasteiger partial charge on any atom is 0.290 e. The molecule has 3 aromatic heterocycles. The first-order chi connectivity index (χ1) is 16.8. The van der Waals surface area contributed by atoms with E-state index in [0.29, 0.717) is 27.8 Å². The van der Waals surface area contributed by atoms with Gasteiger partial charge in [0.05, 0.1) is 16.3 Å². The van der Waals surface area contributed by atoms with Crippen LogP contribution < -0.4 is 21.9 Å². The zero-order valence-corrected chi connectivity index (χ0v) is 19.6. The Morgan fingerprint density at radius 3 is 2.54 bits per heavy atom. The van der Waals surface area contributed by atoms with Crippen LogP contribution in [0.5, 0.6) is 0 Å². The van der Waals surface area contributed by atoms with Crippen LogP contribution in [0, 0.1) is 5.82 Å². The normalized spacial score (nSPS) is 11.1. The fraction of sp³-hybridized carbons (Fsp3) is 0.0833. The molecule has 176 valence electrons. The summed E-state index contributed by atoms with van der Waals surface area (Å²) >= 11 is 1.33. The van der Waals surface area contributed by atoms with Crippen LogP contribution in [0.2, 0.25) is 0 Å². The van der Waals surface area contributed by atoms with E-state index in [4.69, 9.17) is 5.73 Å². The molecule has 0 atom stereocenters. The monoisotopic (exact) mass is 489 g/mol. The van der Waals surface area contributed by atoms with Crippen molar-refractivity contribution in [1.29, 1.82) is 0 Å². The molecule has 0 aliphatic carbocycles. The molecule has 0 unspecified atom stereocenters. The highest BCUT2D eigenvalue weighted by Crippen LogP contribution is 2.28. The lowest BCUT2D eigenvalue weighted by molar-refractivity contribution is 0.103. The zero-order chi connectivity index (χ0) is 24.7. The number of amides is 1. The molecule has 0 aliphatic heterocycles. The van der Waals surface area contributed by atoms with Crippen LogP contribution >= 0.6 is 11.3 Å². The predicted octanol–water partition coefficient (Wildman–Crippen LogP) is 4.11. The van der Waals surface area contributed by atoms with Gasteiger partial charge >= 0.3 is 0 Å². The number of rotatable bonds is 5. The number of thiophene rings is 1. The van der Waals surface area contributed by atoms with Gasteiger partial charge in [-0.1, -0.05) is 18.2 Å². The van der Waals surface area contributed by atoms with Gasteiger partial charge in [0.1, 0.15) is 17.3 Å². The Bertz CT molecular complexity index is 1600. The van der Waals surface area contributed by atoms with Crippen LogP contribution in [0.15, 0.2) is 65.5 Å². The first-order valence-electron chi connectivity index (χ1n) is 10.5. The van der Waals surface area contributed by atoms with Crippen molar-refractivity contribution in [3.8, 4) is 11.3 Å². The van der Waals surface area contributed by atoms with Gasteiger partial charge < -0.3 is 16.4 Å². The van der Waals surface area contributed by atoms with Gasteiger partial charge in [0, 0.05) is 30.4 Å². The van der Waals surface area contributed by atoms with Crippen molar-refractivity contribution < 1.29 is 9.18 Å². The van der Waals surface area contributed by atoms with Gasteiger partial charge in [-0.25, -0.2) is 9.07 Å². The van der Waals surface area contributed by atoms with E-state index in [0.717, 1.165) is 10.1 Å². The number of carbonyl (C=O) groups excluding carboxylic acids is 1. The van der Waals surface area contributed by atoms with E-state index in [2.05, 4.69) is 20.8 Å². The first-order valence-corrected chi connectivity index (χ1v) is 11.3. The quantitative estimate of drug-likeness (QED) is 0.342. The van der Waals surface area contributed by atoms with E-state index in [9.17, 15) is 14.0 Å². The number of nitrogens with two attached hydrogens (primary N) is 1. The highest BCUT2D eigenvalue weighted by atomic mass is 32.1. The molecular formula is C24H20FN7O2S. The second kappa shape index (κ2) is 8.69. The van der Waals surface area contributed by atoms with Crippen LogP contribution in [-0.2, 0) is 14.1 Å². The van der Waals surface area contributed by atoms with Crippen molar-refractivity contribution in [3.05, 3.63) is 81.7 Å². The molecule has 0 saturated carbocycles. The van der Waals surface area contributed by atoms with E-state index in [1.807, 2.05) is 24.3 Å². The number of halogens is 1. The molecule has 2 aromatic carbocycles. The lowest BCUT2D eigenvalue weighted by Gasteiger charge is -2.11. The lowest BCUT2D eigenvalue weighted by Crippen LogP contribution is -2.22. The Balaban J connectivity index is 1.46. The molecule has 1 amide bonds. The van der Waals surface area contributed by atoms with Crippen molar-refractivity contribution in [1.82, 2.24) is 19.6 Å². The standard InChI is InChI=1S/C24H20FN7O2S/c1-31-21(26)12-22(30-31)27-18-11-16(29-32(2)24(18)34)13-7-8-15(25)17(9-13)28-23(33)20-10-14-5-3-4-6-19(14)35-20/h3-12H,26H2,1-2H3,(H,27,30)(H,28,33). The molecule has 9 nitrogen and oxygen atoms in total. The molecule has 5 aromatic rings. The van der Waals surface area contributed by atoms with Crippen LogP contribution in [0.1, 0.15) is 9.67 Å². The Labute approximate surface area is 202 Å². The molecule has 0 bridgehead atoms. The minimum absolute atomic E-state index is 0.00705. The Morgan fingerprint density at radius 2 is 1.80 bits per heavy atom. The molecule has 4 N–H and O–H groups in total. The van der Waals surface area contributed by atoms with E-state index in [1.165, 1.54) is 52.0 Å². The predicted molar refractivity (Wildman–Crippen MR) is 136 cm³/mol. The van der Waals surface area contributed by atoms with Crippen molar-refractivity contribution in [2.75, 3.05) is 16.4 Å². The highest BCUT2D eigenvalue weighted by Gasteiger charge is 2.16. The number of hydrogen-bond donors (Lipinski definition) is 3. The number of aryl methyl sites for hydroxylation is 2. The zero-order valence-electron chi connectivity index (χ0n) is 18.7. The van der Waals surface area contributed by atoms with Gasteiger partial charge in [-0.3, -0.25) is 14.3 Å². The minimum Gasteiger partial charge on any atom is -0.384 e. The van der Waals surface area contributed by atoms with E-state index in [1.54, 1.807) is 19.2 Å². The molecule has 35 heavy (non-hydrogen) atoms. The van der Waals surface area contributed by atoms with Crippen molar-refractivity contribution in [2.45, 2.75) is 0 Å². The number of nitrogen functional groups attached to an aromatic ring is 1. The van der Waals surface area contributed by atoms with Crippen LogP contribution in [0.3, 0.4) is 0 Å². The van der Waals surface area contributed by atoms with Crippen molar-refractivity contribution in [3.63, 3.8) is 0 Å². The molecule has 0 aliphatic rings. The molecule has 11 heteroatoms. The third-order valence-electron chi connectivity index (χ3n) is 5.40. The van der Waals surface area contributed by atoms with Crippen molar-refractivity contribution in [2.24, 2.45) is 14.1 Å². The van der Waals surface area contributed by atoms with Gasteiger partial charge in [0.2, 0.25) is 0 Å². The number of benzene rings is 2. The SMILES string of the molecule is Cn1nc(Nc2cc(-c3ccc(F)c(NC(=O)c4cc5ccccc5s4)c3)nn(C)c2=O)cc1N. The fourth-order valence-corrected chi connectivity index (χ4v) is 4.54. The Morgan fingerprint density at radius 1 is 1.00 bits per heavy atom. The Hall–Kier alpha value is -4.51. The summed E-state index contributed by atoms with van der Waals surface area (Å²) in [5.74, 6) is -0.174. The third kappa shape index (κ3) is 4.36. The minimum atomic E-state index is -0.588. The van der Waals surface area contributed by atoms with Crippen LogP contribution in [-0.4, -0.2) is 25.5 Å². The summed E-state index contributed by atoms with van der Waals surface area (Å²) in [4.78, 5) is 25.9. The number of aromatic nitrogens is 4. The van der Waals surface area contributed by atoms with Gasteiger partial charge in [-0.2, -0.15) is 10.2 Å². The molecule has 5 rings (SSSR count). The summed E-state index contributed by atoms with van der Waals surface area (Å²) in [7, 11) is 3.20. The highest BCUT2D eigenvalue weighted by molar-refractivity contribution is 7.20. The number of fused-ring (bicyclic) bond motifs is 1. The van der Waals surface area contributed by atoms with Crippen molar-refractivity contribution >= 4 is 50.3 Å².